The van der Waals surface area contributed by atoms with E-state index in [1.165, 1.54) is 25.3 Å². The predicted octanol–water partition coefficient (Wildman–Crippen LogP) is 1.65. The van der Waals surface area contributed by atoms with Crippen LogP contribution in [0, 0.1) is 10.1 Å². The highest BCUT2D eigenvalue weighted by Crippen LogP contribution is 2.34. The second-order valence-electron chi connectivity index (χ2n) is 4.76. The fourth-order valence-corrected chi connectivity index (χ4v) is 2.27. The van der Waals surface area contributed by atoms with Crippen molar-refractivity contribution in [3.8, 4) is 5.75 Å². The lowest BCUT2D eigenvalue weighted by molar-refractivity contribution is -0.384. The van der Waals surface area contributed by atoms with E-state index in [0.717, 1.165) is 0 Å². The summed E-state index contributed by atoms with van der Waals surface area (Å²) in [7, 11) is 1.44. The number of hydrogen-bond donors (Lipinski definition) is 2. The molecule has 0 radical (unpaired) electrons. The topological polar surface area (TPSA) is 111 Å². The summed E-state index contributed by atoms with van der Waals surface area (Å²) < 4.78 is 10.2. The molecule has 114 valence electrons. The summed E-state index contributed by atoms with van der Waals surface area (Å²) in [5.74, 6) is -0.640. The number of ether oxygens (including phenoxy) is 2. The first-order valence-electron chi connectivity index (χ1n) is 6.40. The van der Waals surface area contributed by atoms with E-state index in [2.05, 4.69) is 5.32 Å². The molecule has 2 rings (SSSR count). The third kappa shape index (κ3) is 3.05. The number of nitrogens with one attached hydrogen (secondary N) is 1. The molecule has 0 bridgehead atoms. The van der Waals surface area contributed by atoms with Crippen molar-refractivity contribution >= 4 is 17.3 Å². The fraction of sp³-hybridized carbons (Fsp3) is 0.462. The largest absolute Gasteiger partial charge is 0.497 e. The van der Waals surface area contributed by atoms with Gasteiger partial charge < -0.3 is 19.9 Å². The minimum absolute atomic E-state index is 0.128. The van der Waals surface area contributed by atoms with Gasteiger partial charge >= 0.3 is 5.97 Å². The number of anilines is 1. The molecule has 1 fully saturated rings. The Morgan fingerprint density at radius 2 is 2.14 bits per heavy atom. The first kappa shape index (κ1) is 15.0. The van der Waals surface area contributed by atoms with Gasteiger partial charge in [0.15, 0.2) is 0 Å². The van der Waals surface area contributed by atoms with Crippen molar-refractivity contribution in [2.45, 2.75) is 18.4 Å². The second kappa shape index (κ2) is 5.96. The SMILES string of the molecule is COc1ccc([N+](=O)[O-])c(NC2(C(=O)O)CCOCC2)c1. The highest BCUT2D eigenvalue weighted by atomic mass is 16.6. The van der Waals surface area contributed by atoms with E-state index in [-0.39, 0.29) is 37.4 Å². The van der Waals surface area contributed by atoms with Crippen LogP contribution in [-0.2, 0) is 9.53 Å². The van der Waals surface area contributed by atoms with Crippen LogP contribution in [0.5, 0.6) is 5.75 Å². The zero-order chi connectivity index (χ0) is 15.5. The third-order valence-corrected chi connectivity index (χ3v) is 3.53. The number of carbonyl (C=O) groups is 1. The van der Waals surface area contributed by atoms with Crippen molar-refractivity contribution < 1.29 is 24.3 Å². The summed E-state index contributed by atoms with van der Waals surface area (Å²) in [6.45, 7) is 0.578. The molecule has 1 aromatic carbocycles. The number of methoxy groups -OCH3 is 1. The Morgan fingerprint density at radius 1 is 1.48 bits per heavy atom. The Labute approximate surface area is 120 Å². The van der Waals surface area contributed by atoms with Crippen molar-refractivity contribution in [2.24, 2.45) is 0 Å². The summed E-state index contributed by atoms with van der Waals surface area (Å²) in [6.07, 6.45) is 0.466. The standard InChI is InChI=1S/C13H16N2O6/c1-20-9-2-3-11(15(18)19)10(8-9)14-13(12(16)17)4-6-21-7-5-13/h2-3,8,14H,4-7H2,1H3,(H,16,17). The molecule has 1 aromatic rings. The van der Waals surface area contributed by atoms with Crippen molar-refractivity contribution in [3.63, 3.8) is 0 Å². The van der Waals surface area contributed by atoms with E-state index in [0.29, 0.717) is 5.75 Å². The lowest BCUT2D eigenvalue weighted by atomic mass is 9.89. The molecule has 0 unspecified atom stereocenters. The number of rotatable bonds is 5. The molecule has 0 aromatic heterocycles. The average molecular weight is 296 g/mol. The molecule has 0 amide bonds. The summed E-state index contributed by atoms with van der Waals surface area (Å²) in [4.78, 5) is 22.1. The molecular weight excluding hydrogens is 280 g/mol. The Morgan fingerprint density at radius 3 is 2.67 bits per heavy atom. The molecule has 0 saturated carbocycles. The Balaban J connectivity index is 2.39. The fourth-order valence-electron chi connectivity index (χ4n) is 2.27. The van der Waals surface area contributed by atoms with Gasteiger partial charge in [0.25, 0.3) is 5.69 Å². The van der Waals surface area contributed by atoms with E-state index in [1.54, 1.807) is 0 Å². The van der Waals surface area contributed by atoms with Crippen LogP contribution in [0.3, 0.4) is 0 Å². The van der Waals surface area contributed by atoms with Crippen molar-refractivity contribution in [3.05, 3.63) is 28.3 Å². The molecular formula is C13H16N2O6. The van der Waals surface area contributed by atoms with E-state index in [1.807, 2.05) is 0 Å². The van der Waals surface area contributed by atoms with Crippen LogP contribution in [0.15, 0.2) is 18.2 Å². The monoisotopic (exact) mass is 296 g/mol. The number of carboxylic acid groups (broad SMARTS) is 1. The van der Waals surface area contributed by atoms with Gasteiger partial charge in [0.1, 0.15) is 17.0 Å². The minimum atomic E-state index is -1.27. The zero-order valence-electron chi connectivity index (χ0n) is 11.5. The van der Waals surface area contributed by atoms with Gasteiger partial charge in [-0.15, -0.1) is 0 Å². The van der Waals surface area contributed by atoms with Crippen LogP contribution in [0.25, 0.3) is 0 Å². The molecule has 21 heavy (non-hydrogen) atoms. The highest BCUT2D eigenvalue weighted by Gasteiger charge is 2.41. The number of benzene rings is 1. The summed E-state index contributed by atoms with van der Waals surface area (Å²) in [6, 6.07) is 4.18. The van der Waals surface area contributed by atoms with Gasteiger partial charge in [-0.1, -0.05) is 0 Å². The van der Waals surface area contributed by atoms with E-state index < -0.39 is 16.4 Å². The smallest absolute Gasteiger partial charge is 0.329 e. The van der Waals surface area contributed by atoms with Gasteiger partial charge in [-0.2, -0.15) is 0 Å². The normalized spacial score (nSPS) is 17.0. The molecule has 8 nitrogen and oxygen atoms in total. The maximum atomic E-state index is 11.6. The quantitative estimate of drug-likeness (QED) is 0.627. The van der Waals surface area contributed by atoms with Gasteiger partial charge in [0.2, 0.25) is 0 Å². The average Bonchev–Trinajstić information content (AvgIpc) is 2.47. The molecule has 1 aliphatic heterocycles. The van der Waals surface area contributed by atoms with Crippen LogP contribution in [0.4, 0.5) is 11.4 Å². The third-order valence-electron chi connectivity index (χ3n) is 3.53. The molecule has 1 saturated heterocycles. The van der Waals surface area contributed by atoms with Crippen LogP contribution >= 0.6 is 0 Å². The molecule has 1 aliphatic rings. The van der Waals surface area contributed by atoms with Crippen LogP contribution < -0.4 is 10.1 Å². The van der Waals surface area contributed by atoms with Gasteiger partial charge in [0, 0.05) is 38.2 Å². The van der Waals surface area contributed by atoms with E-state index in [4.69, 9.17) is 9.47 Å². The number of nitrogens with zero attached hydrogens (tertiary/aromatic N) is 1. The Bertz CT molecular complexity index is 554. The summed E-state index contributed by atoms with van der Waals surface area (Å²) in [5, 5.41) is 23.4. The van der Waals surface area contributed by atoms with Gasteiger partial charge in [-0.05, 0) is 6.07 Å². The summed E-state index contributed by atoms with van der Waals surface area (Å²) >= 11 is 0. The first-order chi connectivity index (χ1) is 9.98. The van der Waals surface area contributed by atoms with Crippen LogP contribution in [-0.4, -0.2) is 41.9 Å². The number of aliphatic carboxylic acids is 1. The zero-order valence-corrected chi connectivity index (χ0v) is 11.5. The maximum absolute atomic E-state index is 11.6. The molecule has 8 heteroatoms. The molecule has 1 heterocycles. The van der Waals surface area contributed by atoms with Crippen molar-refractivity contribution in [1.29, 1.82) is 0 Å². The van der Waals surface area contributed by atoms with Gasteiger partial charge in [-0.3, -0.25) is 10.1 Å². The number of nitro benzene ring substituents is 1. The van der Waals surface area contributed by atoms with Gasteiger partial charge in [0.05, 0.1) is 12.0 Å². The van der Waals surface area contributed by atoms with E-state index >= 15 is 0 Å². The first-order valence-corrected chi connectivity index (χ1v) is 6.40. The Hall–Kier alpha value is -2.35. The molecule has 2 N–H and O–H groups in total. The lowest BCUT2D eigenvalue weighted by Crippen LogP contribution is -2.50. The predicted molar refractivity (Wildman–Crippen MR) is 73.7 cm³/mol. The number of hydrogen-bond acceptors (Lipinski definition) is 6. The van der Waals surface area contributed by atoms with Crippen LogP contribution in [0.2, 0.25) is 0 Å². The minimum Gasteiger partial charge on any atom is -0.497 e. The number of carboxylic acids is 1. The summed E-state index contributed by atoms with van der Waals surface area (Å²) in [5.41, 5.74) is -1.33. The van der Waals surface area contributed by atoms with Crippen LogP contribution in [0.1, 0.15) is 12.8 Å². The maximum Gasteiger partial charge on any atom is 0.329 e. The van der Waals surface area contributed by atoms with Gasteiger partial charge in [-0.25, -0.2) is 4.79 Å². The number of nitro groups is 1. The highest BCUT2D eigenvalue weighted by molar-refractivity contribution is 5.84. The molecule has 0 atom stereocenters. The Kier molecular flexibility index (Phi) is 4.27. The van der Waals surface area contributed by atoms with Crippen molar-refractivity contribution in [1.82, 2.24) is 0 Å². The lowest BCUT2D eigenvalue weighted by Gasteiger charge is -2.34. The molecule has 0 aliphatic carbocycles. The van der Waals surface area contributed by atoms with Crippen molar-refractivity contribution in [2.75, 3.05) is 25.6 Å². The van der Waals surface area contributed by atoms with E-state index in [9.17, 15) is 20.0 Å². The second-order valence-corrected chi connectivity index (χ2v) is 4.76. The molecule has 0 spiro atoms.